The summed E-state index contributed by atoms with van der Waals surface area (Å²) in [6.07, 6.45) is 5.41. The molecule has 1 saturated carbocycles. The van der Waals surface area contributed by atoms with Gasteiger partial charge in [-0.3, -0.25) is 4.79 Å². The Bertz CT molecular complexity index is 283. The summed E-state index contributed by atoms with van der Waals surface area (Å²) in [5.74, 6) is -0.728. The van der Waals surface area contributed by atoms with Crippen LogP contribution in [0.2, 0.25) is 0 Å². The topological polar surface area (TPSA) is 50.4 Å². The van der Waals surface area contributed by atoms with E-state index in [9.17, 15) is 4.79 Å². The second-order valence-corrected chi connectivity index (χ2v) is 3.36. The van der Waals surface area contributed by atoms with Crippen LogP contribution in [-0.4, -0.2) is 11.1 Å². The van der Waals surface area contributed by atoms with Crippen molar-refractivity contribution in [2.24, 2.45) is 0 Å². The number of aliphatic carboxylic acids is 1. The molecule has 3 heteroatoms. The molecule has 0 bridgehead atoms. The van der Waals surface area contributed by atoms with Crippen molar-refractivity contribution < 1.29 is 14.3 Å². The summed E-state index contributed by atoms with van der Waals surface area (Å²) in [6.45, 7) is 0. The lowest BCUT2D eigenvalue weighted by atomic mass is 9.95. The highest BCUT2D eigenvalue weighted by Crippen LogP contribution is 2.51. The van der Waals surface area contributed by atoms with Crippen LogP contribution in [0, 0.1) is 0 Å². The average molecular weight is 166 g/mol. The molecule has 1 aliphatic carbocycles. The summed E-state index contributed by atoms with van der Waals surface area (Å²) in [4.78, 5) is 10.5. The van der Waals surface area contributed by atoms with Gasteiger partial charge in [-0.05, 0) is 24.5 Å². The molecule has 0 aliphatic heterocycles. The third-order valence-corrected chi connectivity index (χ3v) is 2.48. The number of furan rings is 1. The highest BCUT2D eigenvalue weighted by atomic mass is 16.4. The number of hydrogen-bond acceptors (Lipinski definition) is 2. The zero-order valence-electron chi connectivity index (χ0n) is 6.62. The maximum absolute atomic E-state index is 10.5. The fourth-order valence-corrected chi connectivity index (χ4v) is 1.57. The van der Waals surface area contributed by atoms with Crippen LogP contribution >= 0.6 is 0 Å². The fourth-order valence-electron chi connectivity index (χ4n) is 1.57. The van der Waals surface area contributed by atoms with Crippen molar-refractivity contribution in [3.63, 3.8) is 0 Å². The van der Waals surface area contributed by atoms with Gasteiger partial charge in [-0.15, -0.1) is 0 Å². The van der Waals surface area contributed by atoms with E-state index in [1.54, 1.807) is 12.5 Å². The van der Waals surface area contributed by atoms with E-state index in [0.717, 1.165) is 18.4 Å². The van der Waals surface area contributed by atoms with Crippen molar-refractivity contribution in [1.29, 1.82) is 0 Å². The van der Waals surface area contributed by atoms with Gasteiger partial charge < -0.3 is 9.52 Å². The molecule has 2 rings (SSSR count). The Morgan fingerprint density at radius 3 is 2.83 bits per heavy atom. The number of carbonyl (C=O) groups is 1. The molecule has 0 spiro atoms. The fraction of sp³-hybridized carbons (Fsp3) is 0.444. The van der Waals surface area contributed by atoms with E-state index < -0.39 is 5.97 Å². The Morgan fingerprint density at radius 2 is 2.42 bits per heavy atom. The van der Waals surface area contributed by atoms with E-state index in [2.05, 4.69) is 0 Å². The Hall–Kier alpha value is -1.25. The molecule has 1 fully saturated rings. The van der Waals surface area contributed by atoms with Crippen molar-refractivity contribution in [2.45, 2.75) is 24.7 Å². The minimum absolute atomic E-state index is 0.0984. The van der Waals surface area contributed by atoms with E-state index in [1.807, 2.05) is 6.07 Å². The molecule has 0 atom stereocenters. The number of carboxylic acids is 1. The minimum atomic E-state index is -0.728. The lowest BCUT2D eigenvalue weighted by molar-refractivity contribution is -0.137. The first kappa shape index (κ1) is 7.40. The molecule has 64 valence electrons. The highest BCUT2D eigenvalue weighted by molar-refractivity contribution is 5.70. The predicted octanol–water partition coefficient (Wildman–Crippen LogP) is 1.79. The molecule has 0 amide bonds. The van der Waals surface area contributed by atoms with Crippen LogP contribution in [0.3, 0.4) is 0 Å². The van der Waals surface area contributed by atoms with Crippen LogP contribution < -0.4 is 0 Å². The van der Waals surface area contributed by atoms with Crippen LogP contribution in [-0.2, 0) is 10.2 Å². The monoisotopic (exact) mass is 166 g/mol. The van der Waals surface area contributed by atoms with Gasteiger partial charge in [0.15, 0.2) is 0 Å². The zero-order valence-corrected chi connectivity index (χ0v) is 6.62. The molecular formula is C9H10O3. The molecule has 1 aliphatic rings. The molecule has 1 aromatic rings. The largest absolute Gasteiger partial charge is 0.481 e. The lowest BCUT2D eigenvalue weighted by Gasteiger charge is -2.07. The van der Waals surface area contributed by atoms with Crippen molar-refractivity contribution in [3.8, 4) is 0 Å². The van der Waals surface area contributed by atoms with Gasteiger partial charge in [-0.1, -0.05) is 0 Å². The minimum Gasteiger partial charge on any atom is -0.481 e. The summed E-state index contributed by atoms with van der Waals surface area (Å²) in [5, 5.41) is 8.66. The maximum Gasteiger partial charge on any atom is 0.304 e. The van der Waals surface area contributed by atoms with Gasteiger partial charge in [0.05, 0.1) is 18.9 Å². The molecule has 0 radical (unpaired) electrons. The summed E-state index contributed by atoms with van der Waals surface area (Å²) < 4.78 is 4.93. The Kier molecular flexibility index (Phi) is 1.46. The molecule has 0 unspecified atom stereocenters. The van der Waals surface area contributed by atoms with E-state index in [1.165, 1.54) is 0 Å². The SMILES string of the molecule is O=C(O)CC1(c2ccoc2)CC1. The average Bonchev–Trinajstić information content (AvgIpc) is 2.61. The number of rotatable bonds is 3. The van der Waals surface area contributed by atoms with E-state index in [4.69, 9.17) is 9.52 Å². The molecule has 12 heavy (non-hydrogen) atoms. The van der Waals surface area contributed by atoms with Gasteiger partial charge in [0, 0.05) is 5.41 Å². The molecule has 3 nitrogen and oxygen atoms in total. The second kappa shape index (κ2) is 2.37. The Balaban J connectivity index is 2.17. The van der Waals surface area contributed by atoms with Crippen LogP contribution in [0.5, 0.6) is 0 Å². The Labute approximate surface area is 70.0 Å². The van der Waals surface area contributed by atoms with Crippen molar-refractivity contribution in [1.82, 2.24) is 0 Å². The zero-order chi connectivity index (χ0) is 8.60. The molecular weight excluding hydrogens is 156 g/mol. The summed E-state index contributed by atoms with van der Waals surface area (Å²) in [7, 11) is 0. The first-order chi connectivity index (χ1) is 5.73. The van der Waals surface area contributed by atoms with E-state index >= 15 is 0 Å². The molecule has 0 saturated heterocycles. The smallest absolute Gasteiger partial charge is 0.304 e. The number of hydrogen-bond donors (Lipinski definition) is 1. The standard InChI is InChI=1S/C9H10O3/c10-8(11)5-9(2-3-9)7-1-4-12-6-7/h1,4,6H,2-3,5H2,(H,10,11). The van der Waals surface area contributed by atoms with Crippen LogP contribution in [0.25, 0.3) is 0 Å². The van der Waals surface area contributed by atoms with Gasteiger partial charge in [0.25, 0.3) is 0 Å². The quantitative estimate of drug-likeness (QED) is 0.744. The first-order valence-corrected chi connectivity index (χ1v) is 3.97. The molecule has 0 aromatic carbocycles. The van der Waals surface area contributed by atoms with Crippen LogP contribution in [0.4, 0.5) is 0 Å². The number of carboxylic acid groups (broad SMARTS) is 1. The molecule has 1 heterocycles. The second-order valence-electron chi connectivity index (χ2n) is 3.36. The maximum atomic E-state index is 10.5. The van der Waals surface area contributed by atoms with Gasteiger partial charge in [0.2, 0.25) is 0 Å². The third kappa shape index (κ3) is 1.11. The molecule has 1 aromatic heterocycles. The summed E-state index contributed by atoms with van der Waals surface area (Å²) >= 11 is 0. The van der Waals surface area contributed by atoms with Gasteiger partial charge in [-0.25, -0.2) is 0 Å². The van der Waals surface area contributed by atoms with Crippen molar-refractivity contribution in [3.05, 3.63) is 24.2 Å². The summed E-state index contributed by atoms with van der Waals surface area (Å²) in [6, 6.07) is 1.86. The van der Waals surface area contributed by atoms with E-state index in [-0.39, 0.29) is 11.8 Å². The Morgan fingerprint density at radius 1 is 1.67 bits per heavy atom. The third-order valence-electron chi connectivity index (χ3n) is 2.48. The predicted molar refractivity (Wildman–Crippen MR) is 41.9 cm³/mol. The first-order valence-electron chi connectivity index (χ1n) is 3.97. The van der Waals surface area contributed by atoms with E-state index in [0.29, 0.717) is 0 Å². The van der Waals surface area contributed by atoms with Gasteiger partial charge in [-0.2, -0.15) is 0 Å². The highest BCUT2D eigenvalue weighted by Gasteiger charge is 2.46. The van der Waals surface area contributed by atoms with Crippen LogP contribution in [0.15, 0.2) is 23.0 Å². The van der Waals surface area contributed by atoms with Gasteiger partial charge in [0.1, 0.15) is 0 Å². The van der Waals surface area contributed by atoms with Gasteiger partial charge >= 0.3 is 5.97 Å². The van der Waals surface area contributed by atoms with Crippen molar-refractivity contribution in [2.75, 3.05) is 0 Å². The summed E-state index contributed by atoms with van der Waals surface area (Å²) in [5.41, 5.74) is 0.934. The normalized spacial score (nSPS) is 19.0. The van der Waals surface area contributed by atoms with Crippen LogP contribution in [0.1, 0.15) is 24.8 Å². The molecule has 1 N–H and O–H groups in total. The van der Waals surface area contributed by atoms with Crippen molar-refractivity contribution >= 4 is 5.97 Å². The lowest BCUT2D eigenvalue weighted by Crippen LogP contribution is -2.11.